The zero-order valence-corrected chi connectivity index (χ0v) is 10.8. The fourth-order valence-corrected chi connectivity index (χ4v) is 2.43. The van der Waals surface area contributed by atoms with Crippen molar-refractivity contribution in [3.8, 4) is 0 Å². The zero-order chi connectivity index (χ0) is 11.6. The van der Waals surface area contributed by atoms with Gasteiger partial charge in [0.05, 0.1) is 13.2 Å². The van der Waals surface area contributed by atoms with Gasteiger partial charge < -0.3 is 9.64 Å². The van der Waals surface area contributed by atoms with Crippen molar-refractivity contribution in [2.45, 2.75) is 38.1 Å². The van der Waals surface area contributed by atoms with Crippen molar-refractivity contribution in [2.24, 2.45) is 0 Å². The molecule has 0 aromatic heterocycles. The van der Waals surface area contributed by atoms with Crippen molar-refractivity contribution in [3.05, 3.63) is 0 Å². The largest absolute Gasteiger partial charge is 0.380 e. The van der Waals surface area contributed by atoms with Gasteiger partial charge in [0.15, 0.2) is 0 Å². The van der Waals surface area contributed by atoms with Gasteiger partial charge in [0, 0.05) is 25.1 Å². The van der Waals surface area contributed by atoms with Gasteiger partial charge in [0.1, 0.15) is 0 Å². The summed E-state index contributed by atoms with van der Waals surface area (Å²) in [6.07, 6.45) is 5.70. The maximum Gasteiger partial charge on any atom is 0.0834 e. The monoisotopic (exact) mass is 248 g/mol. The van der Waals surface area contributed by atoms with Gasteiger partial charge >= 0.3 is 0 Å². The van der Waals surface area contributed by atoms with Crippen molar-refractivity contribution in [1.29, 1.82) is 0 Å². The van der Waals surface area contributed by atoms with Crippen LogP contribution in [0.5, 0.6) is 0 Å². The topological polar surface area (TPSA) is 32.4 Å². The molecule has 1 saturated heterocycles. The molecular weight excluding hydrogens is 226 g/mol. The molecule has 1 aliphatic rings. The molecule has 0 N–H and O–H groups in total. The van der Waals surface area contributed by atoms with Crippen molar-refractivity contribution >= 4 is 11.6 Å². The Morgan fingerprint density at radius 3 is 2.94 bits per heavy atom. The Morgan fingerprint density at radius 2 is 2.19 bits per heavy atom. The molecule has 1 atom stereocenters. The highest BCUT2D eigenvalue weighted by Gasteiger charge is 2.21. The van der Waals surface area contributed by atoms with E-state index < -0.39 is 0 Å². The van der Waals surface area contributed by atoms with Crippen LogP contribution in [0, 0.1) is 0 Å². The Balaban J connectivity index is 2.18. The second-order valence-electron chi connectivity index (χ2n) is 4.33. The van der Waals surface area contributed by atoms with Gasteiger partial charge in [-0.25, -0.2) is 5.11 Å². The van der Waals surface area contributed by atoms with Gasteiger partial charge in [0.25, 0.3) is 0 Å². The molecule has 0 spiro atoms. The average molecular weight is 249 g/mol. The van der Waals surface area contributed by atoms with Gasteiger partial charge in [0.2, 0.25) is 0 Å². The van der Waals surface area contributed by atoms with Crippen LogP contribution in [-0.4, -0.2) is 49.7 Å². The van der Waals surface area contributed by atoms with Gasteiger partial charge in [-0.15, -0.1) is 11.6 Å². The van der Waals surface area contributed by atoms with Crippen molar-refractivity contribution in [3.63, 3.8) is 0 Å². The van der Waals surface area contributed by atoms with Crippen molar-refractivity contribution < 1.29 is 9.84 Å². The first-order valence-corrected chi connectivity index (χ1v) is 6.87. The first-order valence-electron chi connectivity index (χ1n) is 6.34. The molecule has 0 bridgehead atoms. The molecule has 0 aromatic rings. The first kappa shape index (κ1) is 14.2. The molecular formula is C12H23ClNO2. The normalized spacial score (nSPS) is 22.5. The minimum atomic E-state index is 0.0476. The second-order valence-corrected chi connectivity index (χ2v) is 4.71. The van der Waals surface area contributed by atoms with Crippen LogP contribution in [0.2, 0.25) is 0 Å². The molecule has 16 heavy (non-hydrogen) atoms. The number of ether oxygens (including phenoxy) is 1. The lowest BCUT2D eigenvalue weighted by Crippen LogP contribution is -2.41. The van der Waals surface area contributed by atoms with E-state index >= 15 is 0 Å². The summed E-state index contributed by atoms with van der Waals surface area (Å²) < 4.78 is 5.42. The summed E-state index contributed by atoms with van der Waals surface area (Å²) in [4.78, 5) is 2.46. The number of halogens is 1. The van der Waals surface area contributed by atoms with E-state index in [-0.39, 0.29) is 6.61 Å². The van der Waals surface area contributed by atoms with E-state index in [1.54, 1.807) is 0 Å². The highest BCUT2D eigenvalue weighted by molar-refractivity contribution is 6.17. The van der Waals surface area contributed by atoms with Gasteiger partial charge in [-0.05, 0) is 32.2 Å². The summed E-state index contributed by atoms with van der Waals surface area (Å²) in [5.41, 5.74) is 0. The minimum absolute atomic E-state index is 0.0476. The number of hydrogen-bond acceptors (Lipinski definition) is 2. The molecule has 1 rings (SSSR count). The van der Waals surface area contributed by atoms with E-state index in [0.717, 1.165) is 32.5 Å². The lowest BCUT2D eigenvalue weighted by atomic mass is 9.99. The summed E-state index contributed by atoms with van der Waals surface area (Å²) >= 11 is 5.55. The average Bonchev–Trinajstić information content (AvgIpc) is 2.33. The second kappa shape index (κ2) is 9.23. The fourth-order valence-electron chi connectivity index (χ4n) is 2.32. The molecule has 1 radical (unpaired) electrons. The van der Waals surface area contributed by atoms with Gasteiger partial charge in [-0.3, -0.25) is 0 Å². The molecule has 0 aromatic carbocycles. The van der Waals surface area contributed by atoms with E-state index in [9.17, 15) is 5.11 Å². The molecule has 1 unspecified atom stereocenters. The van der Waals surface area contributed by atoms with E-state index in [1.165, 1.54) is 19.3 Å². The maximum atomic E-state index is 10.5. The van der Waals surface area contributed by atoms with Gasteiger partial charge in [-0.2, -0.15) is 0 Å². The zero-order valence-electron chi connectivity index (χ0n) is 10.00. The summed E-state index contributed by atoms with van der Waals surface area (Å²) in [5, 5.41) is 10.5. The molecule has 0 amide bonds. The number of nitrogens with zero attached hydrogens (tertiary/aromatic N) is 1. The van der Waals surface area contributed by atoms with E-state index in [1.807, 2.05) is 0 Å². The van der Waals surface area contributed by atoms with Crippen molar-refractivity contribution in [1.82, 2.24) is 4.90 Å². The fraction of sp³-hybridized carbons (Fsp3) is 1.00. The van der Waals surface area contributed by atoms with Crippen LogP contribution in [0.3, 0.4) is 0 Å². The highest BCUT2D eigenvalue weighted by Crippen LogP contribution is 2.19. The number of hydrogen-bond donors (Lipinski definition) is 0. The number of piperidine rings is 1. The summed E-state index contributed by atoms with van der Waals surface area (Å²) in [6, 6.07) is 0.621. The summed E-state index contributed by atoms with van der Waals surface area (Å²) in [7, 11) is 0. The third kappa shape index (κ3) is 5.48. The summed E-state index contributed by atoms with van der Waals surface area (Å²) in [6.45, 7) is 3.61. The molecule has 3 nitrogen and oxygen atoms in total. The molecule has 1 aliphatic heterocycles. The van der Waals surface area contributed by atoms with Crippen LogP contribution in [0.25, 0.3) is 0 Å². The molecule has 0 saturated carbocycles. The number of rotatable bonds is 8. The highest BCUT2D eigenvalue weighted by atomic mass is 35.5. The lowest BCUT2D eigenvalue weighted by molar-refractivity contribution is 0.0781. The van der Waals surface area contributed by atoms with E-state index in [2.05, 4.69) is 4.90 Å². The van der Waals surface area contributed by atoms with Crippen molar-refractivity contribution in [2.75, 3.05) is 38.8 Å². The van der Waals surface area contributed by atoms with E-state index in [0.29, 0.717) is 18.5 Å². The standard InChI is InChI=1S/C12H23ClNO2/c13-6-11-16-10-5-12-4-1-2-7-14(12)8-3-9-15/h12H,1-11H2. The molecule has 4 heteroatoms. The summed E-state index contributed by atoms with van der Waals surface area (Å²) in [5.74, 6) is 0.574. The predicted octanol–water partition coefficient (Wildman–Crippen LogP) is 2.31. The lowest BCUT2D eigenvalue weighted by Gasteiger charge is -2.35. The molecule has 0 aliphatic carbocycles. The quantitative estimate of drug-likeness (QED) is 0.488. The van der Waals surface area contributed by atoms with Crippen LogP contribution in [-0.2, 0) is 9.84 Å². The smallest absolute Gasteiger partial charge is 0.0834 e. The van der Waals surface area contributed by atoms with Crippen LogP contribution in [0.15, 0.2) is 0 Å². The third-order valence-electron chi connectivity index (χ3n) is 3.16. The molecule has 1 heterocycles. The Morgan fingerprint density at radius 1 is 1.31 bits per heavy atom. The Kier molecular flexibility index (Phi) is 8.21. The molecule has 95 valence electrons. The Hall–Kier alpha value is 0.170. The van der Waals surface area contributed by atoms with Crippen LogP contribution >= 0.6 is 11.6 Å². The van der Waals surface area contributed by atoms with Crippen LogP contribution < -0.4 is 0 Å². The first-order chi connectivity index (χ1) is 7.88. The molecule has 1 fully saturated rings. The Bertz CT molecular complexity index is 169. The van der Waals surface area contributed by atoms with Crippen LogP contribution in [0.4, 0.5) is 0 Å². The third-order valence-corrected chi connectivity index (χ3v) is 3.31. The predicted molar refractivity (Wildman–Crippen MR) is 65.5 cm³/mol. The minimum Gasteiger partial charge on any atom is -0.380 e. The number of alkyl halides is 1. The van der Waals surface area contributed by atoms with Gasteiger partial charge in [-0.1, -0.05) is 6.42 Å². The Labute approximate surface area is 104 Å². The SMILES string of the molecule is [O]CCCN1CCCCC1CCOCCCl. The van der Waals surface area contributed by atoms with Crippen LogP contribution in [0.1, 0.15) is 32.1 Å². The van der Waals surface area contributed by atoms with E-state index in [4.69, 9.17) is 16.3 Å². The number of likely N-dealkylation sites (tertiary alicyclic amines) is 1. The maximum absolute atomic E-state index is 10.5.